The van der Waals surface area contributed by atoms with Crippen LogP contribution in [0.15, 0.2) is 0 Å². The second-order valence-electron chi connectivity index (χ2n) is 1.55. The molecule has 0 aliphatic rings. The minimum Gasteiger partial charge on any atom is -0.481 e. The van der Waals surface area contributed by atoms with Crippen molar-refractivity contribution in [2.75, 3.05) is 20.4 Å². The minimum absolute atomic E-state index is 0.0711. The fourth-order valence-corrected chi connectivity index (χ4v) is 0.334. The third kappa shape index (κ3) is 7.39. The highest BCUT2D eigenvalue weighted by molar-refractivity contribution is 5.66. The molecule has 0 aromatic rings. The third-order valence-corrected chi connectivity index (χ3v) is 0.707. The van der Waals surface area contributed by atoms with E-state index in [-0.39, 0.29) is 13.0 Å². The van der Waals surface area contributed by atoms with Gasteiger partial charge in [-0.15, -0.1) is 0 Å². The quantitative estimate of drug-likeness (QED) is 0.397. The van der Waals surface area contributed by atoms with E-state index in [0.29, 0.717) is 6.73 Å². The van der Waals surface area contributed by atoms with Gasteiger partial charge in [0.15, 0.2) is 0 Å². The highest BCUT2D eigenvalue weighted by Crippen LogP contribution is 1.79. The Morgan fingerprint density at radius 1 is 1.78 bits per heavy atom. The highest BCUT2D eigenvalue weighted by atomic mass is 16.5. The first kappa shape index (κ1) is 8.39. The molecule has 2 N–H and O–H groups in total. The highest BCUT2D eigenvalue weighted by Gasteiger charge is 1.93. The van der Waals surface area contributed by atoms with Crippen molar-refractivity contribution in [1.82, 2.24) is 5.32 Å². The van der Waals surface area contributed by atoms with Crippen molar-refractivity contribution in [1.29, 1.82) is 0 Å². The first-order valence-electron chi connectivity index (χ1n) is 2.71. The number of carbonyl (C=O) groups is 1. The Labute approximate surface area is 53.8 Å². The van der Waals surface area contributed by atoms with Crippen molar-refractivity contribution in [3.05, 3.63) is 0 Å². The number of ether oxygens (including phenoxy) is 1. The third-order valence-electron chi connectivity index (χ3n) is 0.707. The van der Waals surface area contributed by atoms with Crippen LogP contribution in [-0.2, 0) is 9.53 Å². The van der Waals surface area contributed by atoms with E-state index in [1.165, 1.54) is 0 Å². The van der Waals surface area contributed by atoms with Crippen molar-refractivity contribution in [3.63, 3.8) is 0 Å². The molecule has 0 amide bonds. The van der Waals surface area contributed by atoms with Crippen LogP contribution in [0.3, 0.4) is 0 Å². The summed E-state index contributed by atoms with van der Waals surface area (Å²) in [7, 11) is 1.74. The molecule has 0 heterocycles. The van der Waals surface area contributed by atoms with E-state index < -0.39 is 5.97 Å². The SMILES string of the molecule is CNCOCCC(=O)O. The van der Waals surface area contributed by atoms with Crippen molar-refractivity contribution >= 4 is 5.97 Å². The summed E-state index contributed by atoms with van der Waals surface area (Å²) in [5.41, 5.74) is 0. The maximum Gasteiger partial charge on any atom is 0.305 e. The van der Waals surface area contributed by atoms with E-state index in [1.54, 1.807) is 7.05 Å². The van der Waals surface area contributed by atoms with Crippen molar-refractivity contribution in [2.45, 2.75) is 6.42 Å². The van der Waals surface area contributed by atoms with Gasteiger partial charge in [-0.05, 0) is 7.05 Å². The lowest BCUT2D eigenvalue weighted by Crippen LogP contribution is -2.13. The molecule has 0 saturated carbocycles. The Hall–Kier alpha value is -0.610. The maximum atomic E-state index is 9.86. The average molecular weight is 133 g/mol. The first-order valence-corrected chi connectivity index (χ1v) is 2.71. The zero-order valence-electron chi connectivity index (χ0n) is 5.39. The molecule has 0 aromatic carbocycles. The van der Waals surface area contributed by atoms with Gasteiger partial charge in [-0.3, -0.25) is 10.1 Å². The van der Waals surface area contributed by atoms with Crippen LogP contribution in [-0.4, -0.2) is 31.5 Å². The molecular formula is C5H11NO3. The predicted octanol–water partition coefficient (Wildman–Crippen LogP) is -0.345. The van der Waals surface area contributed by atoms with Gasteiger partial charge in [0.1, 0.15) is 0 Å². The number of hydrogen-bond acceptors (Lipinski definition) is 3. The molecule has 0 saturated heterocycles. The molecule has 9 heavy (non-hydrogen) atoms. The zero-order chi connectivity index (χ0) is 7.11. The number of hydrogen-bond donors (Lipinski definition) is 2. The molecular weight excluding hydrogens is 122 g/mol. The molecule has 0 atom stereocenters. The number of aliphatic carboxylic acids is 1. The number of nitrogens with one attached hydrogen (secondary N) is 1. The smallest absolute Gasteiger partial charge is 0.305 e. The number of carboxylic acids is 1. The fraction of sp³-hybridized carbons (Fsp3) is 0.800. The van der Waals surface area contributed by atoms with Crippen molar-refractivity contribution < 1.29 is 14.6 Å². The molecule has 0 fully saturated rings. The van der Waals surface area contributed by atoms with Crippen LogP contribution in [0.25, 0.3) is 0 Å². The van der Waals surface area contributed by atoms with E-state index in [0.717, 1.165) is 0 Å². The molecule has 0 bridgehead atoms. The van der Waals surface area contributed by atoms with Crippen molar-refractivity contribution in [3.8, 4) is 0 Å². The van der Waals surface area contributed by atoms with Crippen LogP contribution in [0.1, 0.15) is 6.42 Å². The summed E-state index contributed by atoms with van der Waals surface area (Å²) < 4.78 is 4.80. The standard InChI is InChI=1S/C5H11NO3/c1-6-4-9-3-2-5(7)8/h6H,2-4H2,1H3,(H,7,8). The van der Waals surface area contributed by atoms with Gasteiger partial charge in [0.05, 0.1) is 19.8 Å². The van der Waals surface area contributed by atoms with Crippen LogP contribution in [0.5, 0.6) is 0 Å². The normalized spacial score (nSPS) is 9.44. The van der Waals surface area contributed by atoms with Gasteiger partial charge in [-0.1, -0.05) is 0 Å². The van der Waals surface area contributed by atoms with Gasteiger partial charge < -0.3 is 9.84 Å². The largest absolute Gasteiger partial charge is 0.481 e. The Kier molecular flexibility index (Phi) is 5.15. The van der Waals surface area contributed by atoms with E-state index in [1.807, 2.05) is 0 Å². The van der Waals surface area contributed by atoms with Crippen LogP contribution >= 0.6 is 0 Å². The van der Waals surface area contributed by atoms with Crippen LogP contribution < -0.4 is 5.32 Å². The van der Waals surface area contributed by atoms with Crippen LogP contribution in [0.4, 0.5) is 0 Å². The van der Waals surface area contributed by atoms with Gasteiger partial charge in [0, 0.05) is 0 Å². The predicted molar refractivity (Wildman–Crippen MR) is 32.1 cm³/mol. The van der Waals surface area contributed by atoms with Gasteiger partial charge >= 0.3 is 5.97 Å². The molecule has 0 unspecified atom stereocenters. The summed E-state index contributed by atoms with van der Waals surface area (Å²) in [4.78, 5) is 9.86. The van der Waals surface area contributed by atoms with Gasteiger partial charge in [-0.25, -0.2) is 0 Å². The summed E-state index contributed by atoms with van der Waals surface area (Å²) in [5.74, 6) is -0.828. The molecule has 0 aliphatic heterocycles. The fourth-order valence-electron chi connectivity index (χ4n) is 0.334. The molecule has 4 heteroatoms. The lowest BCUT2D eigenvalue weighted by molar-refractivity contribution is -0.138. The molecule has 0 aliphatic carbocycles. The Balaban J connectivity index is 2.83. The Morgan fingerprint density at radius 3 is 2.89 bits per heavy atom. The molecule has 0 radical (unpaired) electrons. The van der Waals surface area contributed by atoms with Gasteiger partial charge in [0.2, 0.25) is 0 Å². The van der Waals surface area contributed by atoms with Crippen molar-refractivity contribution in [2.24, 2.45) is 0 Å². The Bertz CT molecular complexity index is 84.3. The first-order chi connectivity index (χ1) is 4.27. The number of rotatable bonds is 5. The van der Waals surface area contributed by atoms with Gasteiger partial charge in [-0.2, -0.15) is 0 Å². The lowest BCUT2D eigenvalue weighted by atomic mass is 10.5. The molecule has 4 nitrogen and oxygen atoms in total. The summed E-state index contributed by atoms with van der Waals surface area (Å²) in [6.45, 7) is 0.684. The monoisotopic (exact) mass is 133 g/mol. The molecule has 0 aromatic heterocycles. The maximum absolute atomic E-state index is 9.86. The molecule has 54 valence electrons. The second kappa shape index (κ2) is 5.53. The topological polar surface area (TPSA) is 58.6 Å². The summed E-state index contributed by atoms with van der Waals surface area (Å²) in [6.07, 6.45) is 0.0711. The van der Waals surface area contributed by atoms with Crippen LogP contribution in [0, 0.1) is 0 Å². The average Bonchev–Trinajstić information content (AvgIpc) is 1.80. The molecule has 0 spiro atoms. The Morgan fingerprint density at radius 2 is 2.44 bits per heavy atom. The zero-order valence-corrected chi connectivity index (χ0v) is 5.39. The van der Waals surface area contributed by atoms with Crippen LogP contribution in [0.2, 0.25) is 0 Å². The summed E-state index contributed by atoms with van der Waals surface area (Å²) in [6, 6.07) is 0. The van der Waals surface area contributed by atoms with E-state index in [4.69, 9.17) is 9.84 Å². The molecule has 0 rings (SSSR count). The van der Waals surface area contributed by atoms with Gasteiger partial charge in [0.25, 0.3) is 0 Å². The summed E-state index contributed by atoms with van der Waals surface area (Å²) in [5, 5.41) is 10.8. The lowest BCUT2D eigenvalue weighted by Gasteiger charge is -1.98. The van der Waals surface area contributed by atoms with E-state index in [9.17, 15) is 4.79 Å². The summed E-state index contributed by atoms with van der Waals surface area (Å²) >= 11 is 0. The minimum atomic E-state index is -0.828. The second-order valence-corrected chi connectivity index (χ2v) is 1.55. The van der Waals surface area contributed by atoms with E-state index in [2.05, 4.69) is 5.32 Å². The van der Waals surface area contributed by atoms with E-state index >= 15 is 0 Å². The number of carboxylic acid groups (broad SMARTS) is 1.